The number of likely N-dealkylation sites (tertiary alicyclic amines) is 1. The molecule has 5 rings (SSSR count). The van der Waals surface area contributed by atoms with E-state index in [2.05, 4.69) is 28.0 Å². The highest BCUT2D eigenvalue weighted by Crippen LogP contribution is 2.50. The summed E-state index contributed by atoms with van der Waals surface area (Å²) in [4.78, 5) is 5.26. The van der Waals surface area contributed by atoms with Crippen LogP contribution in [0.2, 0.25) is 0 Å². The van der Waals surface area contributed by atoms with E-state index in [4.69, 9.17) is 4.74 Å². The van der Waals surface area contributed by atoms with E-state index in [-0.39, 0.29) is 5.82 Å². The summed E-state index contributed by atoms with van der Waals surface area (Å²) in [6.45, 7) is 5.36. The average molecular weight is 366 g/mol. The second-order valence-electron chi connectivity index (χ2n) is 8.08. The third-order valence-corrected chi connectivity index (χ3v) is 6.47. The number of nitrogens with zero attached hydrogens (tertiary/aromatic N) is 2. The summed E-state index contributed by atoms with van der Waals surface area (Å²) < 4.78 is 18.9. The summed E-state index contributed by atoms with van der Waals surface area (Å²) in [5.74, 6) is 1.55. The fourth-order valence-electron chi connectivity index (χ4n) is 5.16. The molecule has 0 N–H and O–H groups in total. The molecule has 3 aliphatic heterocycles. The van der Waals surface area contributed by atoms with Crippen molar-refractivity contribution < 1.29 is 9.13 Å². The lowest BCUT2D eigenvalue weighted by Crippen LogP contribution is -2.48. The molecule has 0 unspecified atom stereocenters. The predicted molar refractivity (Wildman–Crippen MR) is 106 cm³/mol. The highest BCUT2D eigenvalue weighted by atomic mass is 19.1. The molecule has 0 aliphatic carbocycles. The maximum absolute atomic E-state index is 13.0. The summed E-state index contributed by atoms with van der Waals surface area (Å²) in [7, 11) is 0. The Labute approximate surface area is 160 Å². The zero-order valence-electron chi connectivity index (χ0n) is 15.7. The van der Waals surface area contributed by atoms with Gasteiger partial charge in [-0.25, -0.2) is 4.39 Å². The van der Waals surface area contributed by atoms with E-state index in [0.29, 0.717) is 12.0 Å². The molecule has 142 valence electrons. The first-order valence-corrected chi connectivity index (χ1v) is 10.3. The molecule has 0 amide bonds. The first kappa shape index (κ1) is 17.1. The van der Waals surface area contributed by atoms with E-state index in [1.165, 1.54) is 36.2 Å². The minimum Gasteiger partial charge on any atom is -0.490 e. The number of fused-ring (bicyclic) bond motifs is 3. The lowest BCUT2D eigenvalue weighted by Gasteiger charge is -2.40. The Hall–Kier alpha value is -2.07. The van der Waals surface area contributed by atoms with Crippen molar-refractivity contribution in [1.29, 1.82) is 0 Å². The molecule has 0 radical (unpaired) electrons. The minimum atomic E-state index is -0.148. The maximum atomic E-state index is 13.0. The van der Waals surface area contributed by atoms with Crippen LogP contribution in [0.25, 0.3) is 0 Å². The SMILES string of the molecule is Fc1ccc(CCCCN2CC[C@H]3[C@@H](C2)c2cccc4c2N3CCO4)cc1. The van der Waals surface area contributed by atoms with Crippen LogP contribution in [0.5, 0.6) is 5.75 Å². The van der Waals surface area contributed by atoms with Gasteiger partial charge in [-0.15, -0.1) is 0 Å². The Morgan fingerprint density at radius 1 is 1.04 bits per heavy atom. The molecule has 2 aromatic carbocycles. The molecule has 4 heteroatoms. The molecule has 27 heavy (non-hydrogen) atoms. The molecule has 1 fully saturated rings. The summed E-state index contributed by atoms with van der Waals surface area (Å²) >= 11 is 0. The molecule has 0 saturated carbocycles. The van der Waals surface area contributed by atoms with Crippen molar-refractivity contribution in [2.75, 3.05) is 37.7 Å². The molecular formula is C23H27FN2O. The minimum absolute atomic E-state index is 0.148. The number of benzene rings is 2. The van der Waals surface area contributed by atoms with Gasteiger partial charge in [0.1, 0.15) is 18.2 Å². The van der Waals surface area contributed by atoms with E-state index in [1.54, 1.807) is 12.1 Å². The quantitative estimate of drug-likeness (QED) is 0.737. The zero-order valence-corrected chi connectivity index (χ0v) is 15.7. The maximum Gasteiger partial charge on any atom is 0.142 e. The lowest BCUT2D eigenvalue weighted by atomic mass is 9.89. The summed E-state index contributed by atoms with van der Waals surface area (Å²) in [5.41, 5.74) is 4.10. The van der Waals surface area contributed by atoms with Gasteiger partial charge in [0.25, 0.3) is 0 Å². The van der Waals surface area contributed by atoms with Crippen LogP contribution < -0.4 is 9.64 Å². The van der Waals surface area contributed by atoms with Gasteiger partial charge < -0.3 is 14.5 Å². The summed E-state index contributed by atoms with van der Waals surface area (Å²) in [5, 5.41) is 0. The first-order valence-electron chi connectivity index (χ1n) is 10.3. The van der Waals surface area contributed by atoms with Gasteiger partial charge in [0.2, 0.25) is 0 Å². The molecule has 3 nitrogen and oxygen atoms in total. The number of rotatable bonds is 5. The number of hydrogen-bond acceptors (Lipinski definition) is 3. The van der Waals surface area contributed by atoms with Crippen molar-refractivity contribution >= 4 is 5.69 Å². The number of halogens is 1. The van der Waals surface area contributed by atoms with Crippen molar-refractivity contribution in [3.63, 3.8) is 0 Å². The van der Waals surface area contributed by atoms with Crippen molar-refractivity contribution in [3.05, 3.63) is 59.4 Å². The van der Waals surface area contributed by atoms with Crippen LogP contribution in [0.3, 0.4) is 0 Å². The average Bonchev–Trinajstić information content (AvgIpc) is 3.02. The van der Waals surface area contributed by atoms with E-state index in [9.17, 15) is 4.39 Å². The molecule has 3 heterocycles. The van der Waals surface area contributed by atoms with Gasteiger partial charge in [-0.2, -0.15) is 0 Å². The van der Waals surface area contributed by atoms with Crippen LogP contribution in [0, 0.1) is 5.82 Å². The van der Waals surface area contributed by atoms with Gasteiger partial charge >= 0.3 is 0 Å². The third kappa shape index (κ3) is 3.20. The van der Waals surface area contributed by atoms with Gasteiger partial charge in [-0.05, 0) is 61.6 Å². The van der Waals surface area contributed by atoms with Gasteiger partial charge in [0.15, 0.2) is 0 Å². The van der Waals surface area contributed by atoms with E-state index in [1.807, 2.05) is 12.1 Å². The Morgan fingerprint density at radius 2 is 1.93 bits per heavy atom. The van der Waals surface area contributed by atoms with Gasteiger partial charge in [0.05, 0.1) is 12.2 Å². The molecule has 3 aliphatic rings. The van der Waals surface area contributed by atoms with Crippen LogP contribution in [0.15, 0.2) is 42.5 Å². The van der Waals surface area contributed by atoms with Crippen molar-refractivity contribution in [2.24, 2.45) is 0 Å². The third-order valence-electron chi connectivity index (χ3n) is 6.47. The highest BCUT2D eigenvalue weighted by molar-refractivity contribution is 5.71. The molecule has 2 aromatic rings. The summed E-state index contributed by atoms with van der Waals surface area (Å²) in [6, 6.07) is 14.2. The molecule has 1 saturated heterocycles. The topological polar surface area (TPSA) is 15.7 Å². The number of para-hydroxylation sites is 1. The second-order valence-corrected chi connectivity index (χ2v) is 8.08. The van der Waals surface area contributed by atoms with Gasteiger partial charge in [0, 0.05) is 25.0 Å². The number of hydrogen-bond donors (Lipinski definition) is 0. The number of unbranched alkanes of at least 4 members (excludes halogenated alkanes) is 1. The standard InChI is InChI=1S/C23H27FN2O/c24-18-9-7-17(8-10-18)4-1-2-12-25-13-11-21-20(16-25)19-5-3-6-22-23(19)26(21)14-15-27-22/h3,5-10,20-21H,1-2,4,11-16H2/t20-,21-/m0/s1. The van der Waals surface area contributed by atoms with Crippen molar-refractivity contribution in [2.45, 2.75) is 37.6 Å². The van der Waals surface area contributed by atoms with Crippen LogP contribution in [-0.2, 0) is 6.42 Å². The van der Waals surface area contributed by atoms with Crippen LogP contribution in [-0.4, -0.2) is 43.7 Å². The Balaban J connectivity index is 1.18. The normalized spacial score (nSPS) is 23.7. The lowest BCUT2D eigenvalue weighted by molar-refractivity contribution is 0.187. The van der Waals surface area contributed by atoms with Crippen molar-refractivity contribution in [3.8, 4) is 5.75 Å². The summed E-state index contributed by atoms with van der Waals surface area (Å²) in [6.07, 6.45) is 4.65. The Kier molecular flexibility index (Phi) is 4.52. The molecule has 0 bridgehead atoms. The number of anilines is 1. The van der Waals surface area contributed by atoms with E-state index >= 15 is 0 Å². The monoisotopic (exact) mass is 366 g/mol. The van der Waals surface area contributed by atoms with Gasteiger partial charge in [-0.1, -0.05) is 24.3 Å². The number of aryl methyl sites for hydroxylation is 1. The highest BCUT2D eigenvalue weighted by Gasteiger charge is 2.44. The number of ether oxygens (including phenoxy) is 1. The molecule has 0 aromatic heterocycles. The fourth-order valence-corrected chi connectivity index (χ4v) is 5.16. The molecule has 2 atom stereocenters. The Morgan fingerprint density at radius 3 is 2.81 bits per heavy atom. The predicted octanol–water partition coefficient (Wildman–Crippen LogP) is 4.22. The molecule has 0 spiro atoms. The van der Waals surface area contributed by atoms with Crippen molar-refractivity contribution in [1.82, 2.24) is 4.90 Å². The van der Waals surface area contributed by atoms with E-state index in [0.717, 1.165) is 44.8 Å². The molecular weight excluding hydrogens is 339 g/mol. The second kappa shape index (κ2) is 7.16. The zero-order chi connectivity index (χ0) is 18.2. The van der Waals surface area contributed by atoms with Crippen LogP contribution >= 0.6 is 0 Å². The van der Waals surface area contributed by atoms with Crippen LogP contribution in [0.1, 0.15) is 36.3 Å². The van der Waals surface area contributed by atoms with E-state index < -0.39 is 0 Å². The van der Waals surface area contributed by atoms with Gasteiger partial charge in [-0.3, -0.25) is 0 Å². The smallest absolute Gasteiger partial charge is 0.142 e. The largest absolute Gasteiger partial charge is 0.490 e. The first-order chi connectivity index (χ1) is 13.3. The number of piperidine rings is 1. The Bertz CT molecular complexity index is 807. The van der Waals surface area contributed by atoms with Crippen LogP contribution in [0.4, 0.5) is 10.1 Å². The fraction of sp³-hybridized carbons (Fsp3) is 0.478.